The lowest BCUT2D eigenvalue weighted by molar-refractivity contribution is -0.121. The molecule has 0 fully saturated rings. The van der Waals surface area contributed by atoms with Crippen molar-refractivity contribution in [2.75, 3.05) is 6.54 Å². The van der Waals surface area contributed by atoms with Crippen molar-refractivity contribution in [1.29, 1.82) is 0 Å². The molecule has 4 aromatic rings. The number of hydrogen-bond acceptors (Lipinski definition) is 4. The fraction of sp³-hybridized carbons (Fsp3) is 0.318. The Kier molecular flexibility index (Phi) is 5.24. The molecule has 0 bridgehead atoms. The number of hydrogen-bond donors (Lipinski definition) is 1. The van der Waals surface area contributed by atoms with Crippen molar-refractivity contribution in [3.63, 3.8) is 0 Å². The lowest BCUT2D eigenvalue weighted by Gasteiger charge is -2.12. The van der Waals surface area contributed by atoms with Crippen LogP contribution in [0.5, 0.6) is 0 Å². The van der Waals surface area contributed by atoms with Crippen molar-refractivity contribution in [2.24, 2.45) is 0 Å². The molecule has 0 saturated carbocycles. The van der Waals surface area contributed by atoms with Crippen LogP contribution in [0.3, 0.4) is 0 Å². The first-order valence-corrected chi connectivity index (χ1v) is 10.6. The fourth-order valence-corrected chi connectivity index (χ4v) is 4.39. The third kappa shape index (κ3) is 3.82. The van der Waals surface area contributed by atoms with Crippen LogP contribution in [0.25, 0.3) is 22.3 Å². The summed E-state index contributed by atoms with van der Waals surface area (Å²) in [7, 11) is 0. The van der Waals surface area contributed by atoms with Gasteiger partial charge in [-0.1, -0.05) is 12.1 Å². The van der Waals surface area contributed by atoms with Gasteiger partial charge in [0, 0.05) is 35.4 Å². The minimum atomic E-state index is 0.00915. The molecule has 150 valence electrons. The maximum absolute atomic E-state index is 12.6. The van der Waals surface area contributed by atoms with E-state index in [1.807, 2.05) is 45.9 Å². The monoisotopic (exact) mass is 407 g/mol. The van der Waals surface area contributed by atoms with Gasteiger partial charge >= 0.3 is 0 Å². The van der Waals surface area contributed by atoms with Gasteiger partial charge in [0.05, 0.1) is 21.7 Å². The Bertz CT molecular complexity index is 1180. The maximum atomic E-state index is 12.6. The predicted octanol–water partition coefficient (Wildman–Crippen LogP) is 4.01. The first kappa shape index (κ1) is 19.4. The van der Waals surface area contributed by atoms with E-state index in [-0.39, 0.29) is 5.91 Å². The van der Waals surface area contributed by atoms with E-state index in [4.69, 9.17) is 0 Å². The molecule has 0 aliphatic carbocycles. The number of benzene rings is 1. The summed E-state index contributed by atoms with van der Waals surface area (Å²) in [4.78, 5) is 21.7. The second kappa shape index (κ2) is 7.83. The van der Waals surface area contributed by atoms with Crippen molar-refractivity contribution in [3.8, 4) is 11.3 Å². The standard InChI is InChI=1S/C22H25N5OS/c1-14-11-18(20-13-29-17(4)25-20)15(2)27(14)12-22(28)23-9-10-26-16(3)24-19-7-5-6-8-21(19)26/h5-8,11,13H,9-10,12H2,1-4H3,(H,23,28). The number of imidazole rings is 1. The summed E-state index contributed by atoms with van der Waals surface area (Å²) in [5.74, 6) is 0.968. The van der Waals surface area contributed by atoms with E-state index in [1.165, 1.54) is 0 Å². The number of carbonyl (C=O) groups excluding carboxylic acids is 1. The highest BCUT2D eigenvalue weighted by molar-refractivity contribution is 7.09. The van der Waals surface area contributed by atoms with Crippen molar-refractivity contribution >= 4 is 28.3 Å². The van der Waals surface area contributed by atoms with Crippen LogP contribution in [0, 0.1) is 27.7 Å². The summed E-state index contributed by atoms with van der Waals surface area (Å²) < 4.78 is 4.20. The van der Waals surface area contributed by atoms with E-state index in [2.05, 4.69) is 41.9 Å². The Morgan fingerprint density at radius 2 is 1.90 bits per heavy atom. The van der Waals surface area contributed by atoms with E-state index in [0.717, 1.165) is 44.5 Å². The fourth-order valence-electron chi connectivity index (χ4n) is 3.78. The molecule has 1 amide bonds. The van der Waals surface area contributed by atoms with Gasteiger partial charge in [-0.25, -0.2) is 9.97 Å². The molecule has 0 saturated heterocycles. The van der Waals surface area contributed by atoms with E-state index < -0.39 is 0 Å². The highest BCUT2D eigenvalue weighted by Crippen LogP contribution is 2.27. The molecule has 1 aromatic carbocycles. The van der Waals surface area contributed by atoms with Crippen molar-refractivity contribution in [2.45, 2.75) is 40.8 Å². The van der Waals surface area contributed by atoms with Crippen LogP contribution >= 0.6 is 11.3 Å². The summed E-state index contributed by atoms with van der Waals surface area (Å²) in [6.45, 7) is 9.66. The number of amides is 1. The van der Waals surface area contributed by atoms with Crippen LogP contribution < -0.4 is 5.32 Å². The van der Waals surface area contributed by atoms with Gasteiger partial charge in [0.2, 0.25) is 5.91 Å². The lowest BCUT2D eigenvalue weighted by atomic mass is 10.2. The highest BCUT2D eigenvalue weighted by atomic mass is 32.1. The number of aryl methyl sites for hydroxylation is 3. The van der Waals surface area contributed by atoms with Gasteiger partial charge in [0.15, 0.2) is 0 Å². The molecule has 3 aromatic heterocycles. The zero-order valence-corrected chi connectivity index (χ0v) is 18.0. The quantitative estimate of drug-likeness (QED) is 0.525. The average Bonchev–Trinajstić information content (AvgIpc) is 3.34. The number of nitrogens with zero attached hydrogens (tertiary/aromatic N) is 4. The Hall–Kier alpha value is -2.93. The van der Waals surface area contributed by atoms with E-state index in [9.17, 15) is 4.79 Å². The molecule has 3 heterocycles. The number of nitrogens with one attached hydrogen (secondary N) is 1. The predicted molar refractivity (Wildman–Crippen MR) is 117 cm³/mol. The lowest BCUT2D eigenvalue weighted by Crippen LogP contribution is -2.31. The topological polar surface area (TPSA) is 64.7 Å². The molecule has 4 rings (SSSR count). The maximum Gasteiger partial charge on any atom is 0.240 e. The molecule has 0 spiro atoms. The van der Waals surface area contributed by atoms with Gasteiger partial charge in [0.25, 0.3) is 0 Å². The molecule has 0 aliphatic rings. The van der Waals surface area contributed by atoms with Gasteiger partial charge in [-0.15, -0.1) is 11.3 Å². The molecule has 1 N–H and O–H groups in total. The van der Waals surface area contributed by atoms with Crippen molar-refractivity contribution < 1.29 is 4.79 Å². The second-order valence-corrected chi connectivity index (χ2v) is 8.33. The summed E-state index contributed by atoms with van der Waals surface area (Å²) in [6.07, 6.45) is 0. The van der Waals surface area contributed by atoms with Gasteiger partial charge in [-0.05, 0) is 45.9 Å². The van der Waals surface area contributed by atoms with Crippen LogP contribution in [-0.2, 0) is 17.9 Å². The number of carbonyl (C=O) groups is 1. The number of rotatable bonds is 6. The second-order valence-electron chi connectivity index (χ2n) is 7.27. The third-order valence-corrected chi connectivity index (χ3v) is 6.05. The number of thiazole rings is 1. The molecule has 6 nitrogen and oxygen atoms in total. The first-order valence-electron chi connectivity index (χ1n) is 9.72. The van der Waals surface area contributed by atoms with Crippen LogP contribution in [-0.4, -0.2) is 31.6 Å². The van der Waals surface area contributed by atoms with Crippen LogP contribution in [0.15, 0.2) is 35.7 Å². The minimum Gasteiger partial charge on any atom is -0.353 e. The first-order chi connectivity index (χ1) is 13.9. The summed E-state index contributed by atoms with van der Waals surface area (Å²) in [5.41, 5.74) is 6.29. The molecule has 0 radical (unpaired) electrons. The van der Waals surface area contributed by atoms with E-state index in [0.29, 0.717) is 19.6 Å². The Labute approximate surface area is 174 Å². The zero-order valence-electron chi connectivity index (χ0n) is 17.2. The third-order valence-electron chi connectivity index (χ3n) is 5.27. The SMILES string of the molecule is Cc1nc(-c2cc(C)n(CC(=O)NCCn3c(C)nc4ccccc43)c2C)cs1. The summed E-state index contributed by atoms with van der Waals surface area (Å²) in [5, 5.41) is 6.16. The summed E-state index contributed by atoms with van der Waals surface area (Å²) >= 11 is 1.64. The molecule has 0 aliphatic heterocycles. The van der Waals surface area contributed by atoms with Gasteiger partial charge in [0.1, 0.15) is 12.4 Å². The smallest absolute Gasteiger partial charge is 0.240 e. The highest BCUT2D eigenvalue weighted by Gasteiger charge is 2.15. The largest absolute Gasteiger partial charge is 0.353 e. The Balaban J connectivity index is 1.41. The van der Waals surface area contributed by atoms with Gasteiger partial charge in [-0.2, -0.15) is 0 Å². The number of aromatic nitrogens is 4. The van der Waals surface area contributed by atoms with Gasteiger partial charge in [-0.3, -0.25) is 4.79 Å². The summed E-state index contributed by atoms with van der Waals surface area (Å²) in [6, 6.07) is 10.2. The van der Waals surface area contributed by atoms with Crippen molar-refractivity contribution in [1.82, 2.24) is 24.4 Å². The zero-order chi connectivity index (χ0) is 20.5. The molecule has 0 unspecified atom stereocenters. The molecule has 29 heavy (non-hydrogen) atoms. The van der Waals surface area contributed by atoms with E-state index >= 15 is 0 Å². The number of fused-ring (bicyclic) bond motifs is 1. The van der Waals surface area contributed by atoms with Crippen molar-refractivity contribution in [3.05, 3.63) is 57.9 Å². The molecule has 7 heteroatoms. The molecular formula is C22H25N5OS. The number of para-hydroxylation sites is 2. The van der Waals surface area contributed by atoms with E-state index in [1.54, 1.807) is 11.3 Å². The van der Waals surface area contributed by atoms with Gasteiger partial charge < -0.3 is 14.5 Å². The van der Waals surface area contributed by atoms with Crippen LogP contribution in [0.1, 0.15) is 22.2 Å². The Morgan fingerprint density at radius 3 is 2.66 bits per heavy atom. The molecule has 0 atom stereocenters. The average molecular weight is 408 g/mol. The van der Waals surface area contributed by atoms with Crippen LogP contribution in [0.2, 0.25) is 0 Å². The van der Waals surface area contributed by atoms with Crippen LogP contribution in [0.4, 0.5) is 0 Å². The normalized spacial score (nSPS) is 11.3. The molecular weight excluding hydrogens is 382 g/mol. The Morgan fingerprint density at radius 1 is 1.10 bits per heavy atom. The minimum absolute atomic E-state index is 0.00915.